The van der Waals surface area contributed by atoms with Crippen molar-refractivity contribution < 1.29 is 23.9 Å². The van der Waals surface area contributed by atoms with Crippen LogP contribution in [0.15, 0.2) is 63.3 Å². The second-order valence-corrected chi connectivity index (χ2v) is 7.24. The molecule has 0 bridgehead atoms. The summed E-state index contributed by atoms with van der Waals surface area (Å²) in [6.07, 6.45) is -0.722. The van der Waals surface area contributed by atoms with Crippen LogP contribution in [0.3, 0.4) is 0 Å². The summed E-state index contributed by atoms with van der Waals surface area (Å²) in [5, 5.41) is 7.98. The van der Waals surface area contributed by atoms with Gasteiger partial charge in [-0.2, -0.15) is 0 Å². The maximum absolute atomic E-state index is 12.2. The molecule has 10 heteroatoms. The molecule has 164 valence electrons. The number of nitrogens with zero attached hydrogens (tertiary/aromatic N) is 1. The number of carbonyl (C=O) groups excluding carboxylic acids is 3. The molecule has 0 spiro atoms. The highest BCUT2D eigenvalue weighted by atomic mass is 32.2. The SMILES string of the molecule is CCCC(=O)Nc1cc(Sc2ccccc2)ccc1NC(=NC(=O)OC)NC(=O)OC. The fraction of sp³-hybridized carbons (Fsp3) is 0.238. The van der Waals surface area contributed by atoms with Crippen LogP contribution in [-0.2, 0) is 14.3 Å². The molecule has 0 aliphatic carbocycles. The predicted molar refractivity (Wildman–Crippen MR) is 120 cm³/mol. The van der Waals surface area contributed by atoms with Gasteiger partial charge in [0.1, 0.15) is 0 Å². The largest absolute Gasteiger partial charge is 0.453 e. The van der Waals surface area contributed by atoms with Crippen molar-refractivity contribution in [2.24, 2.45) is 4.99 Å². The van der Waals surface area contributed by atoms with Gasteiger partial charge in [-0.3, -0.25) is 10.1 Å². The van der Waals surface area contributed by atoms with E-state index in [4.69, 9.17) is 0 Å². The summed E-state index contributed by atoms with van der Waals surface area (Å²) in [6, 6.07) is 15.1. The van der Waals surface area contributed by atoms with Crippen molar-refractivity contribution in [1.82, 2.24) is 5.32 Å². The molecule has 0 aliphatic heterocycles. The number of aliphatic imine (C=N–C) groups is 1. The highest BCUT2D eigenvalue weighted by molar-refractivity contribution is 7.99. The molecule has 0 unspecified atom stereocenters. The zero-order chi connectivity index (χ0) is 22.6. The Labute approximate surface area is 184 Å². The average Bonchev–Trinajstić information content (AvgIpc) is 2.76. The molecule has 2 aromatic carbocycles. The van der Waals surface area contributed by atoms with Gasteiger partial charge < -0.3 is 20.1 Å². The highest BCUT2D eigenvalue weighted by Crippen LogP contribution is 2.33. The van der Waals surface area contributed by atoms with Crippen molar-refractivity contribution >= 4 is 47.2 Å². The molecule has 0 aliphatic rings. The third-order valence-corrected chi connectivity index (χ3v) is 4.76. The van der Waals surface area contributed by atoms with E-state index in [-0.39, 0.29) is 11.9 Å². The van der Waals surface area contributed by atoms with Gasteiger partial charge in [-0.15, -0.1) is 4.99 Å². The van der Waals surface area contributed by atoms with Crippen molar-refractivity contribution in [2.45, 2.75) is 29.6 Å². The minimum atomic E-state index is -0.924. The molecule has 3 amide bonds. The lowest BCUT2D eigenvalue weighted by Gasteiger charge is -2.16. The van der Waals surface area contributed by atoms with Crippen LogP contribution in [0.4, 0.5) is 21.0 Å². The molecule has 0 aromatic heterocycles. The quantitative estimate of drug-likeness (QED) is 0.444. The number of hydrogen-bond donors (Lipinski definition) is 3. The van der Waals surface area contributed by atoms with Crippen molar-refractivity contribution in [2.75, 3.05) is 24.9 Å². The van der Waals surface area contributed by atoms with Crippen LogP contribution in [0.25, 0.3) is 0 Å². The molecule has 0 fully saturated rings. The van der Waals surface area contributed by atoms with Gasteiger partial charge in [-0.25, -0.2) is 9.59 Å². The number of amides is 3. The number of alkyl carbamates (subject to hydrolysis) is 1. The van der Waals surface area contributed by atoms with Crippen LogP contribution in [0, 0.1) is 0 Å². The van der Waals surface area contributed by atoms with Crippen molar-refractivity contribution in [1.29, 1.82) is 0 Å². The molecule has 31 heavy (non-hydrogen) atoms. The number of carbonyl (C=O) groups is 3. The van der Waals surface area contributed by atoms with Crippen molar-refractivity contribution in [3.05, 3.63) is 48.5 Å². The predicted octanol–water partition coefficient (Wildman–Crippen LogP) is 4.47. The van der Waals surface area contributed by atoms with Gasteiger partial charge in [0.15, 0.2) is 0 Å². The zero-order valence-corrected chi connectivity index (χ0v) is 18.2. The maximum atomic E-state index is 12.2. The molecule has 9 nitrogen and oxygen atoms in total. The number of methoxy groups -OCH3 is 2. The molecule has 0 atom stereocenters. The van der Waals surface area contributed by atoms with Crippen LogP contribution >= 0.6 is 11.8 Å². The standard InChI is InChI=1S/C21H24N4O5S/c1-4-8-18(26)22-17-13-15(31-14-9-6-5-7-10-14)11-12-16(17)23-19(24-20(27)29-2)25-21(28)30-3/h5-7,9-13H,4,8H2,1-3H3,(H,22,26)(H2,23,24,25,27,28). The molecular formula is C21H24N4O5S. The monoisotopic (exact) mass is 444 g/mol. The summed E-state index contributed by atoms with van der Waals surface area (Å²) in [5.74, 6) is -0.382. The Morgan fingerprint density at radius 3 is 2.32 bits per heavy atom. The fourth-order valence-corrected chi connectivity index (χ4v) is 3.24. The number of anilines is 2. The van der Waals surface area contributed by atoms with Crippen LogP contribution < -0.4 is 16.0 Å². The Kier molecular flexibility index (Phi) is 9.37. The molecule has 0 heterocycles. The average molecular weight is 445 g/mol. The molecule has 2 rings (SSSR count). The van der Waals surface area contributed by atoms with Gasteiger partial charge in [0.25, 0.3) is 0 Å². The van der Waals surface area contributed by atoms with Crippen LogP contribution in [0.5, 0.6) is 0 Å². The Balaban J connectivity index is 2.35. The van der Waals surface area contributed by atoms with E-state index in [0.717, 1.165) is 16.9 Å². The number of rotatable bonds is 6. The highest BCUT2D eigenvalue weighted by Gasteiger charge is 2.14. The molecular weight excluding hydrogens is 420 g/mol. The Morgan fingerprint density at radius 1 is 0.935 bits per heavy atom. The number of guanidine groups is 1. The van der Waals surface area contributed by atoms with E-state index in [1.807, 2.05) is 43.3 Å². The van der Waals surface area contributed by atoms with Gasteiger partial charge in [-0.1, -0.05) is 36.9 Å². The smallest absolute Gasteiger partial charge is 0.436 e. The van der Waals surface area contributed by atoms with Crippen molar-refractivity contribution in [3.63, 3.8) is 0 Å². The summed E-state index contributed by atoms with van der Waals surface area (Å²) in [4.78, 5) is 41.0. The van der Waals surface area contributed by atoms with Gasteiger partial charge >= 0.3 is 12.2 Å². The minimum absolute atomic E-state index is 0.167. The van der Waals surface area contributed by atoms with Crippen LogP contribution in [-0.4, -0.2) is 38.3 Å². The minimum Gasteiger partial charge on any atom is -0.453 e. The van der Waals surface area contributed by atoms with E-state index in [1.54, 1.807) is 12.1 Å². The second kappa shape index (κ2) is 12.2. The fourth-order valence-electron chi connectivity index (χ4n) is 2.36. The zero-order valence-electron chi connectivity index (χ0n) is 17.4. The number of hydrogen-bond acceptors (Lipinski definition) is 6. The topological polar surface area (TPSA) is 118 Å². The molecule has 0 saturated heterocycles. The first-order valence-electron chi connectivity index (χ1n) is 9.40. The molecule has 3 N–H and O–H groups in total. The Hall–Kier alpha value is -3.53. The van der Waals surface area contributed by atoms with Gasteiger partial charge in [0.05, 0.1) is 25.6 Å². The lowest BCUT2D eigenvalue weighted by atomic mass is 10.2. The first-order valence-corrected chi connectivity index (χ1v) is 10.2. The van der Waals surface area contributed by atoms with E-state index in [0.29, 0.717) is 24.2 Å². The Bertz CT molecular complexity index is 950. The lowest BCUT2D eigenvalue weighted by molar-refractivity contribution is -0.116. The van der Waals surface area contributed by atoms with E-state index in [9.17, 15) is 14.4 Å². The summed E-state index contributed by atoms with van der Waals surface area (Å²) in [6.45, 7) is 1.90. The summed E-state index contributed by atoms with van der Waals surface area (Å²) in [7, 11) is 2.34. The van der Waals surface area contributed by atoms with E-state index >= 15 is 0 Å². The van der Waals surface area contributed by atoms with E-state index < -0.39 is 12.2 Å². The lowest BCUT2D eigenvalue weighted by Crippen LogP contribution is -2.36. The molecule has 0 saturated carbocycles. The third-order valence-electron chi connectivity index (χ3n) is 3.76. The second-order valence-electron chi connectivity index (χ2n) is 6.09. The number of nitrogens with one attached hydrogen (secondary N) is 3. The normalized spacial score (nSPS) is 10.7. The van der Waals surface area contributed by atoms with E-state index in [1.165, 1.54) is 18.9 Å². The first-order chi connectivity index (χ1) is 14.9. The summed E-state index contributed by atoms with van der Waals surface area (Å²) in [5.41, 5.74) is 0.879. The Morgan fingerprint density at radius 2 is 1.68 bits per heavy atom. The first kappa shape index (κ1) is 23.7. The van der Waals surface area contributed by atoms with E-state index in [2.05, 4.69) is 30.4 Å². The number of ether oxygens (including phenoxy) is 2. The van der Waals surface area contributed by atoms with Crippen LogP contribution in [0.2, 0.25) is 0 Å². The molecule has 0 radical (unpaired) electrons. The van der Waals surface area contributed by atoms with Gasteiger partial charge in [0, 0.05) is 16.2 Å². The molecule has 2 aromatic rings. The maximum Gasteiger partial charge on any atom is 0.436 e. The van der Waals surface area contributed by atoms with Gasteiger partial charge in [-0.05, 0) is 36.8 Å². The van der Waals surface area contributed by atoms with Gasteiger partial charge in [0.2, 0.25) is 11.9 Å². The number of benzene rings is 2. The van der Waals surface area contributed by atoms with Crippen molar-refractivity contribution in [3.8, 4) is 0 Å². The van der Waals surface area contributed by atoms with Crippen LogP contribution in [0.1, 0.15) is 19.8 Å². The summed E-state index contributed by atoms with van der Waals surface area (Å²) >= 11 is 1.53. The third kappa shape index (κ3) is 8.01. The summed E-state index contributed by atoms with van der Waals surface area (Å²) < 4.78 is 9.06.